The van der Waals surface area contributed by atoms with Crippen molar-refractivity contribution in [1.29, 1.82) is 0 Å². The number of aromatic nitrogens is 4. The van der Waals surface area contributed by atoms with E-state index in [0.29, 0.717) is 5.95 Å². The van der Waals surface area contributed by atoms with Gasteiger partial charge in [0.05, 0.1) is 11.6 Å². The largest absolute Gasteiger partial charge is 0.395 e. The topological polar surface area (TPSA) is 60.6 Å². The number of anilines is 1. The quantitative estimate of drug-likeness (QED) is 0.549. The standard InChI is InChI=1S/C5H12N5/c1-3-9-5(6)7-10(4-2)8-9/h3-4H2,1-2H3,(H2,6,7,8)/q+1. The van der Waals surface area contributed by atoms with E-state index in [1.165, 1.54) is 0 Å². The highest BCUT2D eigenvalue weighted by Crippen LogP contribution is 1.81. The first-order valence-corrected chi connectivity index (χ1v) is 3.38. The minimum atomic E-state index is 0.476. The average molecular weight is 142 g/mol. The highest BCUT2D eigenvalue weighted by Gasteiger charge is 2.09. The average Bonchev–Trinajstić information content (AvgIpc) is 2.30. The molecule has 10 heavy (non-hydrogen) atoms. The van der Waals surface area contributed by atoms with E-state index in [-0.39, 0.29) is 0 Å². The first kappa shape index (κ1) is 6.98. The Kier molecular flexibility index (Phi) is 1.84. The van der Waals surface area contributed by atoms with E-state index < -0.39 is 0 Å². The van der Waals surface area contributed by atoms with Crippen molar-refractivity contribution < 1.29 is 4.68 Å². The van der Waals surface area contributed by atoms with Crippen molar-refractivity contribution in [3.63, 3.8) is 0 Å². The van der Waals surface area contributed by atoms with E-state index in [1.54, 1.807) is 9.48 Å². The van der Waals surface area contributed by atoms with Crippen LogP contribution in [-0.4, -0.2) is 15.1 Å². The summed E-state index contributed by atoms with van der Waals surface area (Å²) in [5.74, 6) is 0.476. The minimum absolute atomic E-state index is 0.476. The van der Waals surface area contributed by atoms with E-state index in [4.69, 9.17) is 5.73 Å². The molecule has 0 aliphatic heterocycles. The third-order valence-electron chi connectivity index (χ3n) is 1.28. The number of nitrogens with two attached hydrogens (primary N) is 1. The zero-order valence-corrected chi connectivity index (χ0v) is 6.28. The molecule has 1 rings (SSSR count). The molecule has 5 nitrogen and oxygen atoms in total. The SMILES string of the molecule is CCn1nc(N)[n+](CC)n1. The Morgan fingerprint density at radius 3 is 2.60 bits per heavy atom. The van der Waals surface area contributed by atoms with Gasteiger partial charge in [-0.2, -0.15) is 0 Å². The summed E-state index contributed by atoms with van der Waals surface area (Å²) in [6.07, 6.45) is 0. The Bertz CT molecular complexity index is 216. The number of tetrazole rings is 1. The van der Waals surface area contributed by atoms with Crippen LogP contribution in [0.4, 0.5) is 5.95 Å². The second kappa shape index (κ2) is 2.64. The number of rotatable bonds is 2. The predicted molar refractivity (Wildman–Crippen MR) is 36.0 cm³/mol. The summed E-state index contributed by atoms with van der Waals surface area (Å²) >= 11 is 0. The van der Waals surface area contributed by atoms with Crippen LogP contribution in [0, 0.1) is 0 Å². The highest BCUT2D eigenvalue weighted by molar-refractivity contribution is 4.98. The first-order chi connectivity index (χ1) is 4.77. The zero-order chi connectivity index (χ0) is 7.56. The molecule has 1 aromatic rings. The van der Waals surface area contributed by atoms with Crippen LogP contribution in [0.25, 0.3) is 0 Å². The summed E-state index contributed by atoms with van der Waals surface area (Å²) in [5, 5.41) is 7.99. The number of aryl methyl sites for hydroxylation is 2. The fourth-order valence-corrected chi connectivity index (χ4v) is 0.720. The summed E-state index contributed by atoms with van der Waals surface area (Å²) in [5.41, 5.74) is 5.50. The number of nitrogens with zero attached hydrogens (tertiary/aromatic N) is 4. The Labute approximate surface area is 59.4 Å². The molecule has 0 unspecified atom stereocenters. The van der Waals surface area contributed by atoms with Gasteiger partial charge in [0.2, 0.25) is 0 Å². The van der Waals surface area contributed by atoms with Gasteiger partial charge >= 0.3 is 5.95 Å². The molecule has 5 heteroatoms. The smallest absolute Gasteiger partial charge is 0.304 e. The Balaban J connectivity index is 2.92. The van der Waals surface area contributed by atoms with Crippen LogP contribution in [0.2, 0.25) is 0 Å². The van der Waals surface area contributed by atoms with Crippen molar-refractivity contribution in [2.75, 3.05) is 5.73 Å². The lowest BCUT2D eigenvalue weighted by molar-refractivity contribution is -0.739. The van der Waals surface area contributed by atoms with Crippen LogP contribution in [0.5, 0.6) is 0 Å². The molecule has 0 spiro atoms. The minimum Gasteiger partial charge on any atom is -0.304 e. The Morgan fingerprint density at radius 1 is 1.60 bits per heavy atom. The summed E-state index contributed by atoms with van der Waals surface area (Å²) < 4.78 is 1.66. The Morgan fingerprint density at radius 2 is 2.30 bits per heavy atom. The monoisotopic (exact) mass is 142 g/mol. The molecule has 56 valence electrons. The molecule has 1 heterocycles. The van der Waals surface area contributed by atoms with Crippen molar-refractivity contribution >= 4 is 5.95 Å². The summed E-state index contributed by atoms with van der Waals surface area (Å²) in [6, 6.07) is 0. The summed E-state index contributed by atoms with van der Waals surface area (Å²) in [6.45, 7) is 5.48. The highest BCUT2D eigenvalue weighted by atomic mass is 15.6. The van der Waals surface area contributed by atoms with E-state index in [0.717, 1.165) is 13.1 Å². The molecule has 0 aromatic carbocycles. The Hall–Kier alpha value is -1.13. The second-order valence-corrected chi connectivity index (χ2v) is 1.95. The molecule has 0 saturated heterocycles. The predicted octanol–water partition coefficient (Wildman–Crippen LogP) is -0.812. The van der Waals surface area contributed by atoms with Crippen molar-refractivity contribution in [3.8, 4) is 0 Å². The molecular formula is C5H12N5+. The molecule has 0 amide bonds. The van der Waals surface area contributed by atoms with Crippen LogP contribution >= 0.6 is 0 Å². The second-order valence-electron chi connectivity index (χ2n) is 1.95. The fourth-order valence-electron chi connectivity index (χ4n) is 0.720. The third kappa shape index (κ3) is 1.07. The van der Waals surface area contributed by atoms with E-state index in [1.807, 2.05) is 13.8 Å². The number of hydrogen-bond donors (Lipinski definition) is 1. The third-order valence-corrected chi connectivity index (χ3v) is 1.28. The van der Waals surface area contributed by atoms with Gasteiger partial charge in [0.1, 0.15) is 6.54 Å². The molecular weight excluding hydrogens is 130 g/mol. The van der Waals surface area contributed by atoms with Gasteiger partial charge in [-0.3, -0.25) is 0 Å². The maximum absolute atomic E-state index is 5.50. The van der Waals surface area contributed by atoms with Crippen LogP contribution in [0.3, 0.4) is 0 Å². The first-order valence-electron chi connectivity index (χ1n) is 3.38. The number of nitrogen functional groups attached to an aromatic ring is 1. The molecule has 2 N–H and O–H groups in total. The molecule has 0 fully saturated rings. The van der Waals surface area contributed by atoms with Crippen molar-refractivity contribution in [3.05, 3.63) is 0 Å². The van der Waals surface area contributed by atoms with Crippen LogP contribution in [0.1, 0.15) is 13.8 Å². The number of hydrogen-bond acceptors (Lipinski definition) is 3. The molecule has 0 saturated carbocycles. The lowest BCUT2D eigenvalue weighted by Gasteiger charge is -1.83. The van der Waals surface area contributed by atoms with Gasteiger partial charge in [-0.25, -0.2) is 0 Å². The van der Waals surface area contributed by atoms with Crippen molar-refractivity contribution in [2.45, 2.75) is 26.9 Å². The maximum atomic E-state index is 5.50. The van der Waals surface area contributed by atoms with Crippen LogP contribution in [0.15, 0.2) is 0 Å². The van der Waals surface area contributed by atoms with Crippen molar-refractivity contribution in [2.24, 2.45) is 0 Å². The molecule has 0 radical (unpaired) electrons. The van der Waals surface area contributed by atoms with Gasteiger partial charge in [-0.05, 0) is 13.8 Å². The van der Waals surface area contributed by atoms with E-state index in [9.17, 15) is 0 Å². The molecule has 0 bridgehead atoms. The molecule has 0 atom stereocenters. The maximum Gasteiger partial charge on any atom is 0.395 e. The van der Waals surface area contributed by atoms with Gasteiger partial charge in [0.15, 0.2) is 0 Å². The van der Waals surface area contributed by atoms with Crippen LogP contribution < -0.4 is 10.4 Å². The summed E-state index contributed by atoms with van der Waals surface area (Å²) in [4.78, 5) is 1.57. The van der Waals surface area contributed by atoms with Gasteiger partial charge in [-0.15, -0.1) is 4.68 Å². The van der Waals surface area contributed by atoms with Crippen LogP contribution in [-0.2, 0) is 13.1 Å². The molecule has 0 aliphatic rings. The van der Waals surface area contributed by atoms with Crippen molar-refractivity contribution in [1.82, 2.24) is 15.1 Å². The lowest BCUT2D eigenvalue weighted by Crippen LogP contribution is -2.38. The molecule has 0 aliphatic carbocycles. The van der Waals surface area contributed by atoms with Gasteiger partial charge in [0.25, 0.3) is 0 Å². The van der Waals surface area contributed by atoms with Gasteiger partial charge < -0.3 is 5.73 Å². The zero-order valence-electron chi connectivity index (χ0n) is 6.28. The molecule has 1 aromatic heterocycles. The van der Waals surface area contributed by atoms with Gasteiger partial charge in [0, 0.05) is 5.21 Å². The van der Waals surface area contributed by atoms with E-state index >= 15 is 0 Å². The normalized spacial score (nSPS) is 10.2. The van der Waals surface area contributed by atoms with Gasteiger partial charge in [-0.1, -0.05) is 4.80 Å². The fraction of sp³-hybridized carbons (Fsp3) is 0.800. The summed E-state index contributed by atoms with van der Waals surface area (Å²) in [7, 11) is 0. The van der Waals surface area contributed by atoms with E-state index in [2.05, 4.69) is 10.3 Å². The lowest BCUT2D eigenvalue weighted by atomic mass is 10.8.